The predicted octanol–water partition coefficient (Wildman–Crippen LogP) is 2.89. The summed E-state index contributed by atoms with van der Waals surface area (Å²) in [6.45, 7) is 6.43. The van der Waals surface area contributed by atoms with Crippen LogP contribution in [0.1, 0.15) is 69.1 Å². The van der Waals surface area contributed by atoms with Gasteiger partial charge in [0.25, 0.3) is 5.91 Å². The van der Waals surface area contributed by atoms with Crippen LogP contribution in [0.2, 0.25) is 0 Å². The van der Waals surface area contributed by atoms with E-state index in [2.05, 4.69) is 18.7 Å². The first kappa shape index (κ1) is 29.6. The lowest BCUT2D eigenvalue weighted by atomic mass is 9.59. The van der Waals surface area contributed by atoms with Crippen molar-refractivity contribution in [2.24, 2.45) is 17.6 Å². The van der Waals surface area contributed by atoms with Gasteiger partial charge in [-0.05, 0) is 56.3 Å². The van der Waals surface area contributed by atoms with Gasteiger partial charge < -0.3 is 31.1 Å². The van der Waals surface area contributed by atoms with Crippen LogP contribution in [0.25, 0.3) is 5.76 Å². The third-order valence-electron chi connectivity index (χ3n) is 8.65. The monoisotopic (exact) mass is 555 g/mol. The normalized spacial score (nSPS) is 24.2. The van der Waals surface area contributed by atoms with Crippen LogP contribution < -0.4 is 10.6 Å². The first-order valence-corrected chi connectivity index (χ1v) is 14.1. The molecule has 6 N–H and O–H groups in total. The number of aliphatic hydroxyl groups is 3. The van der Waals surface area contributed by atoms with E-state index in [1.165, 1.54) is 0 Å². The number of amides is 1. The first-order chi connectivity index (χ1) is 18.9. The Morgan fingerprint density at radius 1 is 1.07 bits per heavy atom. The molecule has 0 aromatic heterocycles. The molecule has 3 aliphatic carbocycles. The number of aliphatic hydroxyl groups excluding tert-OH is 2. The molecule has 218 valence electrons. The standard InChI is InChI=1S/C30H41N3O7/c1-5-7-9-33(10-8-6-2)15-17-13-20(32(3)4)19-12-16-11-18-14-21(34)24(29(31)39)28(38)30(18,40)27(37)22(16)26(36)23(19)25(17)35/h13,16,18,35-36,38,40H,5-12,14-15H2,1-4H3,(H2,31,39). The number of rotatable bonds is 10. The summed E-state index contributed by atoms with van der Waals surface area (Å²) < 4.78 is 0. The van der Waals surface area contributed by atoms with E-state index in [4.69, 9.17) is 5.73 Å². The number of anilines is 1. The molecule has 0 saturated heterocycles. The molecule has 1 fully saturated rings. The van der Waals surface area contributed by atoms with Crippen LogP contribution in [-0.4, -0.2) is 75.6 Å². The zero-order chi connectivity index (χ0) is 29.5. The second-order valence-corrected chi connectivity index (χ2v) is 11.5. The van der Waals surface area contributed by atoms with E-state index in [9.17, 15) is 34.8 Å². The molecule has 0 spiro atoms. The van der Waals surface area contributed by atoms with Crippen molar-refractivity contribution in [1.29, 1.82) is 0 Å². The number of phenolic OH excluding ortho intramolecular Hbond substituents is 1. The maximum absolute atomic E-state index is 13.8. The van der Waals surface area contributed by atoms with Crippen LogP contribution >= 0.6 is 0 Å². The minimum Gasteiger partial charge on any atom is -0.508 e. The van der Waals surface area contributed by atoms with E-state index in [0.717, 1.165) is 44.5 Å². The van der Waals surface area contributed by atoms with Crippen LogP contribution in [0.4, 0.5) is 5.69 Å². The second-order valence-electron chi connectivity index (χ2n) is 11.5. The van der Waals surface area contributed by atoms with E-state index < -0.39 is 52.0 Å². The number of unbranched alkanes of at least 4 members (excludes halogenated alkanes) is 2. The number of phenols is 1. The fraction of sp³-hybridized carbons (Fsp3) is 0.567. The molecule has 10 nitrogen and oxygen atoms in total. The fourth-order valence-corrected chi connectivity index (χ4v) is 6.52. The molecule has 1 saturated carbocycles. The number of primary amides is 1. The summed E-state index contributed by atoms with van der Waals surface area (Å²) >= 11 is 0. The Hall–Kier alpha value is -3.37. The van der Waals surface area contributed by atoms with Gasteiger partial charge >= 0.3 is 0 Å². The lowest BCUT2D eigenvalue weighted by Crippen LogP contribution is -2.58. The van der Waals surface area contributed by atoms with Crippen LogP contribution in [0, 0.1) is 11.8 Å². The lowest BCUT2D eigenvalue weighted by molar-refractivity contribution is -0.147. The van der Waals surface area contributed by atoms with Gasteiger partial charge in [-0.2, -0.15) is 0 Å². The molecule has 0 aliphatic heterocycles. The van der Waals surface area contributed by atoms with Crippen LogP contribution in [0.15, 0.2) is 23.0 Å². The van der Waals surface area contributed by atoms with Gasteiger partial charge in [-0.15, -0.1) is 0 Å². The number of nitrogens with two attached hydrogens (primary N) is 1. The Kier molecular flexibility index (Phi) is 8.33. The highest BCUT2D eigenvalue weighted by molar-refractivity contribution is 6.22. The Morgan fingerprint density at radius 3 is 2.25 bits per heavy atom. The van der Waals surface area contributed by atoms with E-state index >= 15 is 0 Å². The number of Topliss-reactive ketones (excluding diaryl/α,β-unsaturated/α-hetero) is 2. The number of hydrogen-bond donors (Lipinski definition) is 5. The van der Waals surface area contributed by atoms with E-state index in [1.807, 2.05) is 25.1 Å². The summed E-state index contributed by atoms with van der Waals surface area (Å²) in [6, 6.07) is 1.93. The Bertz CT molecular complexity index is 1290. The van der Waals surface area contributed by atoms with Crippen molar-refractivity contribution in [3.05, 3.63) is 39.7 Å². The highest BCUT2D eigenvalue weighted by Crippen LogP contribution is 2.53. The third kappa shape index (κ3) is 4.77. The smallest absolute Gasteiger partial charge is 0.255 e. The van der Waals surface area contributed by atoms with Crippen LogP contribution in [-0.2, 0) is 27.3 Å². The van der Waals surface area contributed by atoms with Crippen molar-refractivity contribution in [1.82, 2.24) is 4.90 Å². The van der Waals surface area contributed by atoms with Crippen molar-refractivity contribution in [3.8, 4) is 5.75 Å². The van der Waals surface area contributed by atoms with Crippen molar-refractivity contribution in [2.75, 3.05) is 32.1 Å². The number of ketones is 2. The number of carbonyl (C=O) groups is 3. The molecule has 3 aliphatic rings. The van der Waals surface area contributed by atoms with Gasteiger partial charge in [0.2, 0.25) is 5.78 Å². The van der Waals surface area contributed by atoms with Gasteiger partial charge in [0.1, 0.15) is 22.8 Å². The van der Waals surface area contributed by atoms with Crippen LogP contribution in [0.3, 0.4) is 0 Å². The molecule has 10 heteroatoms. The molecular formula is C30H41N3O7. The quantitative estimate of drug-likeness (QED) is 0.273. The number of fused-ring (bicyclic) bond motifs is 3. The fourth-order valence-electron chi connectivity index (χ4n) is 6.52. The molecule has 1 amide bonds. The van der Waals surface area contributed by atoms with Gasteiger partial charge in [-0.3, -0.25) is 19.3 Å². The highest BCUT2D eigenvalue weighted by atomic mass is 16.3. The SMILES string of the molecule is CCCCN(CCCC)Cc1cc(N(C)C)c2c(c1O)C(O)=C1C(=O)C3(O)C(O)=C(C(N)=O)C(=O)CC3CC1C2. The molecule has 3 unspecified atom stereocenters. The summed E-state index contributed by atoms with van der Waals surface area (Å²) in [7, 11) is 3.74. The Morgan fingerprint density at radius 2 is 1.70 bits per heavy atom. The molecule has 1 aromatic carbocycles. The zero-order valence-electron chi connectivity index (χ0n) is 23.8. The number of hydrogen-bond acceptors (Lipinski definition) is 9. The number of benzene rings is 1. The maximum Gasteiger partial charge on any atom is 0.255 e. The minimum absolute atomic E-state index is 0.111. The summed E-state index contributed by atoms with van der Waals surface area (Å²) in [4.78, 5) is 42.4. The van der Waals surface area contributed by atoms with Crippen molar-refractivity contribution in [2.45, 2.75) is 70.9 Å². The highest BCUT2D eigenvalue weighted by Gasteiger charge is 2.60. The van der Waals surface area contributed by atoms with Gasteiger partial charge in [-0.25, -0.2) is 0 Å². The summed E-state index contributed by atoms with van der Waals surface area (Å²) in [5.41, 5.74) is 4.02. The van der Waals surface area contributed by atoms with Crippen molar-refractivity contribution in [3.63, 3.8) is 0 Å². The first-order valence-electron chi connectivity index (χ1n) is 14.1. The molecule has 1 aromatic rings. The summed E-state index contributed by atoms with van der Waals surface area (Å²) in [5.74, 6) is -6.13. The van der Waals surface area contributed by atoms with Gasteiger partial charge in [0.15, 0.2) is 11.4 Å². The summed E-state index contributed by atoms with van der Waals surface area (Å²) in [5, 5.41) is 45.3. The van der Waals surface area contributed by atoms with Gasteiger partial charge in [0, 0.05) is 49.8 Å². The van der Waals surface area contributed by atoms with Gasteiger partial charge in [-0.1, -0.05) is 26.7 Å². The average Bonchev–Trinajstić information content (AvgIpc) is 2.88. The van der Waals surface area contributed by atoms with Crippen molar-refractivity contribution < 1.29 is 34.8 Å². The zero-order valence-corrected chi connectivity index (χ0v) is 23.8. The maximum atomic E-state index is 13.8. The largest absolute Gasteiger partial charge is 0.508 e. The second kappa shape index (κ2) is 11.2. The third-order valence-corrected chi connectivity index (χ3v) is 8.65. The Labute approximate surface area is 234 Å². The molecule has 40 heavy (non-hydrogen) atoms. The number of carbonyl (C=O) groups excluding carboxylic acids is 3. The van der Waals surface area contributed by atoms with Gasteiger partial charge in [0.05, 0.1) is 5.56 Å². The Balaban J connectivity index is 1.86. The number of aromatic hydroxyl groups is 1. The molecule has 0 radical (unpaired) electrons. The summed E-state index contributed by atoms with van der Waals surface area (Å²) in [6.07, 6.45) is 4.14. The minimum atomic E-state index is -2.57. The number of nitrogens with zero attached hydrogens (tertiary/aromatic N) is 2. The van der Waals surface area contributed by atoms with Crippen molar-refractivity contribution >= 4 is 28.9 Å². The van der Waals surface area contributed by atoms with E-state index in [-0.39, 0.29) is 36.1 Å². The van der Waals surface area contributed by atoms with Crippen LogP contribution in [0.5, 0.6) is 5.75 Å². The van der Waals surface area contributed by atoms with E-state index in [1.54, 1.807) is 0 Å². The lowest BCUT2D eigenvalue weighted by Gasteiger charge is -2.46. The molecule has 3 atom stereocenters. The topological polar surface area (TPSA) is 165 Å². The predicted molar refractivity (Wildman–Crippen MR) is 151 cm³/mol. The molecule has 4 rings (SSSR count). The molecule has 0 bridgehead atoms. The molecular weight excluding hydrogens is 514 g/mol. The molecule has 0 heterocycles. The average molecular weight is 556 g/mol. The van der Waals surface area contributed by atoms with E-state index in [0.29, 0.717) is 17.7 Å².